The molecule has 7 heteroatoms. The summed E-state index contributed by atoms with van der Waals surface area (Å²) >= 11 is 0. The second-order valence-electron chi connectivity index (χ2n) is 4.22. The highest BCUT2D eigenvalue weighted by molar-refractivity contribution is 8.13. The molecule has 5 nitrogen and oxygen atoms in total. The molecule has 98 valence electrons. The van der Waals surface area contributed by atoms with Crippen LogP contribution in [0.15, 0.2) is 23.1 Å². The molecule has 0 saturated carbocycles. The minimum atomic E-state index is -3.70. The second-order valence-corrected chi connectivity index (χ2v) is 6.79. The van der Waals surface area contributed by atoms with Crippen molar-refractivity contribution in [3.63, 3.8) is 0 Å². The van der Waals surface area contributed by atoms with Crippen molar-refractivity contribution >= 4 is 25.7 Å². The minimum absolute atomic E-state index is 0.00496. The zero-order valence-corrected chi connectivity index (χ0v) is 11.0. The highest BCUT2D eigenvalue weighted by Crippen LogP contribution is 2.24. The molecule has 0 saturated heterocycles. The number of rotatable bonds is 3. The molecule has 1 N–H and O–H groups in total. The lowest BCUT2D eigenvalue weighted by atomic mass is 10.00. The molecular formula is C11H12ClNO4S. The lowest BCUT2D eigenvalue weighted by Gasteiger charge is -2.27. The lowest BCUT2D eigenvalue weighted by Crippen LogP contribution is -2.34. The highest BCUT2D eigenvalue weighted by atomic mass is 35.7. The van der Waals surface area contributed by atoms with E-state index in [0.29, 0.717) is 19.5 Å². The Balaban J connectivity index is 2.23. The van der Waals surface area contributed by atoms with Gasteiger partial charge in [-0.25, -0.2) is 8.42 Å². The van der Waals surface area contributed by atoms with Crippen molar-refractivity contribution in [2.24, 2.45) is 0 Å². The predicted molar refractivity (Wildman–Crippen MR) is 66.1 cm³/mol. The summed E-state index contributed by atoms with van der Waals surface area (Å²) in [7, 11) is 1.58. The van der Waals surface area contributed by atoms with Crippen LogP contribution in [0.2, 0.25) is 0 Å². The average molecular weight is 290 g/mol. The molecule has 0 radical (unpaired) electrons. The number of aliphatic carboxylic acids is 1. The normalized spacial score (nSPS) is 16.3. The predicted octanol–water partition coefficient (Wildman–Crippen LogP) is 1.06. The van der Waals surface area contributed by atoms with Crippen molar-refractivity contribution in [1.82, 2.24) is 4.90 Å². The summed E-state index contributed by atoms with van der Waals surface area (Å²) in [4.78, 5) is 12.5. The Morgan fingerprint density at radius 2 is 2.11 bits per heavy atom. The molecule has 18 heavy (non-hydrogen) atoms. The van der Waals surface area contributed by atoms with Crippen LogP contribution in [0.5, 0.6) is 0 Å². The Kier molecular flexibility index (Phi) is 3.61. The van der Waals surface area contributed by atoms with Gasteiger partial charge in [0, 0.05) is 23.8 Å². The van der Waals surface area contributed by atoms with Gasteiger partial charge >= 0.3 is 5.97 Å². The van der Waals surface area contributed by atoms with Gasteiger partial charge in [-0.05, 0) is 29.7 Å². The Morgan fingerprint density at radius 1 is 1.39 bits per heavy atom. The largest absolute Gasteiger partial charge is 0.480 e. The molecule has 0 amide bonds. The molecule has 1 aliphatic rings. The third-order valence-electron chi connectivity index (χ3n) is 2.91. The average Bonchev–Trinajstić information content (AvgIpc) is 2.26. The first-order valence-electron chi connectivity index (χ1n) is 5.37. The molecule has 2 rings (SSSR count). The standard InChI is InChI=1S/C11H12ClNO4S/c12-18(16,17)10-2-1-9-6-13(7-11(14)15)4-3-8(9)5-10/h1-2,5H,3-4,6-7H2,(H,14,15). The van der Waals surface area contributed by atoms with Gasteiger partial charge in [-0.1, -0.05) is 6.07 Å². The monoisotopic (exact) mass is 289 g/mol. The van der Waals surface area contributed by atoms with Crippen LogP contribution < -0.4 is 0 Å². The van der Waals surface area contributed by atoms with Crippen LogP contribution in [-0.2, 0) is 26.8 Å². The van der Waals surface area contributed by atoms with E-state index in [1.807, 2.05) is 0 Å². The molecule has 0 aromatic heterocycles. The maximum atomic E-state index is 11.2. The number of carboxylic acid groups (broad SMARTS) is 1. The van der Waals surface area contributed by atoms with E-state index >= 15 is 0 Å². The molecule has 0 spiro atoms. The quantitative estimate of drug-likeness (QED) is 0.842. The van der Waals surface area contributed by atoms with Gasteiger partial charge in [-0.3, -0.25) is 9.69 Å². The van der Waals surface area contributed by atoms with E-state index in [1.54, 1.807) is 17.0 Å². The van der Waals surface area contributed by atoms with E-state index in [1.165, 1.54) is 6.07 Å². The molecule has 0 unspecified atom stereocenters. The van der Waals surface area contributed by atoms with Gasteiger partial charge in [-0.15, -0.1) is 0 Å². The van der Waals surface area contributed by atoms with Crippen LogP contribution >= 0.6 is 10.7 Å². The molecule has 0 bridgehead atoms. The van der Waals surface area contributed by atoms with Gasteiger partial charge in [0.25, 0.3) is 9.05 Å². The van der Waals surface area contributed by atoms with E-state index < -0.39 is 15.0 Å². The molecular weight excluding hydrogens is 278 g/mol. The van der Waals surface area contributed by atoms with Crippen molar-refractivity contribution in [3.8, 4) is 0 Å². The summed E-state index contributed by atoms with van der Waals surface area (Å²) in [6.45, 7) is 1.12. The van der Waals surface area contributed by atoms with Gasteiger partial charge in [0.15, 0.2) is 0 Å². The topological polar surface area (TPSA) is 74.7 Å². The van der Waals surface area contributed by atoms with E-state index in [-0.39, 0.29) is 11.4 Å². The Labute approximate surface area is 109 Å². The molecule has 0 fully saturated rings. The first-order chi connectivity index (χ1) is 8.36. The first kappa shape index (κ1) is 13.3. The van der Waals surface area contributed by atoms with E-state index in [4.69, 9.17) is 15.8 Å². The van der Waals surface area contributed by atoms with Gasteiger partial charge in [-0.2, -0.15) is 0 Å². The molecule has 0 aliphatic carbocycles. The van der Waals surface area contributed by atoms with Crippen LogP contribution in [0, 0.1) is 0 Å². The molecule has 0 atom stereocenters. The van der Waals surface area contributed by atoms with Crippen LogP contribution in [0.1, 0.15) is 11.1 Å². The number of fused-ring (bicyclic) bond motifs is 1. The lowest BCUT2D eigenvalue weighted by molar-refractivity contribution is -0.138. The summed E-state index contributed by atoms with van der Waals surface area (Å²) in [6, 6.07) is 4.71. The van der Waals surface area contributed by atoms with E-state index in [9.17, 15) is 13.2 Å². The van der Waals surface area contributed by atoms with Crippen LogP contribution in [0.25, 0.3) is 0 Å². The first-order valence-corrected chi connectivity index (χ1v) is 7.68. The third-order valence-corrected chi connectivity index (χ3v) is 4.26. The smallest absolute Gasteiger partial charge is 0.317 e. The summed E-state index contributed by atoms with van der Waals surface area (Å²) in [6.07, 6.45) is 0.628. The number of hydrogen-bond acceptors (Lipinski definition) is 4. The summed E-state index contributed by atoms with van der Waals surface area (Å²) in [5.41, 5.74) is 1.87. The maximum Gasteiger partial charge on any atom is 0.317 e. The van der Waals surface area contributed by atoms with Crippen molar-refractivity contribution in [1.29, 1.82) is 0 Å². The van der Waals surface area contributed by atoms with Crippen molar-refractivity contribution in [2.75, 3.05) is 13.1 Å². The van der Waals surface area contributed by atoms with Gasteiger partial charge in [0.2, 0.25) is 0 Å². The summed E-state index contributed by atoms with van der Waals surface area (Å²) in [5, 5.41) is 8.73. The fourth-order valence-electron chi connectivity index (χ4n) is 2.07. The fraction of sp³-hybridized carbons (Fsp3) is 0.364. The number of hydrogen-bond donors (Lipinski definition) is 1. The zero-order valence-electron chi connectivity index (χ0n) is 9.47. The van der Waals surface area contributed by atoms with Crippen molar-refractivity contribution < 1.29 is 18.3 Å². The highest BCUT2D eigenvalue weighted by Gasteiger charge is 2.20. The van der Waals surface area contributed by atoms with Crippen LogP contribution in [0.4, 0.5) is 0 Å². The van der Waals surface area contributed by atoms with Crippen molar-refractivity contribution in [3.05, 3.63) is 29.3 Å². The number of carboxylic acids is 1. The summed E-state index contributed by atoms with van der Waals surface area (Å²) < 4.78 is 22.4. The maximum absolute atomic E-state index is 11.2. The third kappa shape index (κ3) is 3.01. The Bertz CT molecular complexity index is 585. The molecule has 1 heterocycles. The molecule has 1 aromatic carbocycles. The van der Waals surface area contributed by atoms with Gasteiger partial charge in [0.05, 0.1) is 11.4 Å². The fourth-order valence-corrected chi connectivity index (χ4v) is 2.87. The zero-order chi connectivity index (χ0) is 13.3. The minimum Gasteiger partial charge on any atom is -0.480 e. The number of carbonyl (C=O) groups is 1. The number of benzene rings is 1. The second kappa shape index (κ2) is 4.87. The Hall–Kier alpha value is -1.11. The molecule has 1 aliphatic heterocycles. The number of nitrogens with zero attached hydrogens (tertiary/aromatic N) is 1. The van der Waals surface area contributed by atoms with Gasteiger partial charge < -0.3 is 5.11 Å². The van der Waals surface area contributed by atoms with Gasteiger partial charge in [0.1, 0.15) is 0 Å². The van der Waals surface area contributed by atoms with Crippen LogP contribution in [-0.4, -0.2) is 37.5 Å². The molecule has 1 aromatic rings. The van der Waals surface area contributed by atoms with E-state index in [0.717, 1.165) is 11.1 Å². The summed E-state index contributed by atoms with van der Waals surface area (Å²) in [5.74, 6) is -0.863. The van der Waals surface area contributed by atoms with E-state index in [2.05, 4.69) is 0 Å². The van der Waals surface area contributed by atoms with Crippen LogP contribution in [0.3, 0.4) is 0 Å². The number of halogens is 1. The SMILES string of the molecule is O=C(O)CN1CCc2cc(S(=O)(=O)Cl)ccc2C1. The Morgan fingerprint density at radius 3 is 2.72 bits per heavy atom. The van der Waals surface area contributed by atoms with Crippen molar-refractivity contribution in [2.45, 2.75) is 17.9 Å².